The third-order valence-corrected chi connectivity index (χ3v) is 2.99. The summed E-state index contributed by atoms with van der Waals surface area (Å²) in [6.45, 7) is 6.73. The van der Waals surface area contributed by atoms with Crippen LogP contribution in [-0.2, 0) is 5.41 Å². The van der Waals surface area contributed by atoms with E-state index in [2.05, 4.69) is 49.5 Å². The van der Waals surface area contributed by atoms with Gasteiger partial charge in [0.15, 0.2) is 0 Å². The van der Waals surface area contributed by atoms with Gasteiger partial charge >= 0.3 is 0 Å². The number of aliphatic hydroxyl groups is 1. The highest BCUT2D eigenvalue weighted by atomic mass is 16.3. The molecule has 0 fully saturated rings. The Balaban J connectivity index is 2.35. The third kappa shape index (κ3) is 4.33. The molecule has 0 aliphatic carbocycles. The summed E-state index contributed by atoms with van der Waals surface area (Å²) in [5, 5.41) is 12.0. The molecule has 0 radical (unpaired) electrons. The van der Waals surface area contributed by atoms with Gasteiger partial charge in [-0.2, -0.15) is 0 Å². The molecule has 0 atom stereocenters. The van der Waals surface area contributed by atoms with Gasteiger partial charge in [-0.15, -0.1) is 0 Å². The zero-order valence-electron chi connectivity index (χ0n) is 10.4. The first-order chi connectivity index (χ1) is 7.67. The topological polar surface area (TPSA) is 32.3 Å². The molecule has 0 saturated carbocycles. The van der Waals surface area contributed by atoms with E-state index in [0.29, 0.717) is 0 Å². The minimum absolute atomic E-state index is 0.216. The Morgan fingerprint density at radius 1 is 1.12 bits per heavy atom. The predicted molar refractivity (Wildman–Crippen MR) is 68.7 cm³/mol. The lowest BCUT2D eigenvalue weighted by Crippen LogP contribution is -2.26. The first-order valence-corrected chi connectivity index (χ1v) is 6.04. The summed E-state index contributed by atoms with van der Waals surface area (Å²) in [7, 11) is 0. The van der Waals surface area contributed by atoms with Gasteiger partial charge < -0.3 is 10.4 Å². The molecule has 0 heterocycles. The quantitative estimate of drug-likeness (QED) is 0.693. The highest BCUT2D eigenvalue weighted by Crippen LogP contribution is 2.25. The minimum atomic E-state index is 0.216. The van der Waals surface area contributed by atoms with Gasteiger partial charge in [-0.1, -0.05) is 44.2 Å². The van der Waals surface area contributed by atoms with Crippen molar-refractivity contribution in [3.63, 3.8) is 0 Å². The van der Waals surface area contributed by atoms with Crippen LogP contribution >= 0.6 is 0 Å². The molecular formula is C14H23NO. The van der Waals surface area contributed by atoms with E-state index in [9.17, 15) is 0 Å². The fourth-order valence-electron chi connectivity index (χ4n) is 1.76. The van der Waals surface area contributed by atoms with Gasteiger partial charge in [-0.05, 0) is 36.9 Å². The summed E-state index contributed by atoms with van der Waals surface area (Å²) in [6.07, 6.45) is 1.95. The van der Waals surface area contributed by atoms with Crippen molar-refractivity contribution in [3.05, 3.63) is 35.9 Å². The molecule has 1 aromatic carbocycles. The van der Waals surface area contributed by atoms with E-state index in [4.69, 9.17) is 5.11 Å². The van der Waals surface area contributed by atoms with Crippen molar-refractivity contribution in [2.75, 3.05) is 19.7 Å². The van der Waals surface area contributed by atoms with Crippen LogP contribution in [0.15, 0.2) is 30.3 Å². The maximum atomic E-state index is 8.66. The van der Waals surface area contributed by atoms with Crippen molar-refractivity contribution in [3.8, 4) is 0 Å². The summed E-state index contributed by atoms with van der Waals surface area (Å²) in [5.74, 6) is 0. The van der Waals surface area contributed by atoms with Crippen LogP contribution in [0.5, 0.6) is 0 Å². The van der Waals surface area contributed by atoms with E-state index >= 15 is 0 Å². The number of hydrogen-bond acceptors (Lipinski definition) is 2. The molecule has 2 nitrogen and oxygen atoms in total. The van der Waals surface area contributed by atoms with Crippen LogP contribution < -0.4 is 5.32 Å². The average molecular weight is 221 g/mol. The maximum absolute atomic E-state index is 8.66. The maximum Gasteiger partial charge on any atom is 0.0443 e. The molecule has 0 spiro atoms. The first-order valence-electron chi connectivity index (χ1n) is 6.04. The fourth-order valence-corrected chi connectivity index (χ4v) is 1.76. The zero-order valence-corrected chi connectivity index (χ0v) is 10.4. The van der Waals surface area contributed by atoms with Crippen LogP contribution in [0, 0.1) is 0 Å². The monoisotopic (exact) mass is 221 g/mol. The molecule has 0 amide bonds. The van der Waals surface area contributed by atoms with E-state index in [0.717, 1.165) is 25.9 Å². The summed E-state index contributed by atoms with van der Waals surface area (Å²) in [5.41, 5.74) is 1.60. The van der Waals surface area contributed by atoms with Crippen molar-refractivity contribution in [2.24, 2.45) is 0 Å². The minimum Gasteiger partial charge on any atom is -0.396 e. The van der Waals surface area contributed by atoms with Gasteiger partial charge in [0.25, 0.3) is 0 Å². The molecule has 0 bridgehead atoms. The molecule has 0 aliphatic rings. The van der Waals surface area contributed by atoms with Crippen molar-refractivity contribution < 1.29 is 5.11 Å². The Hall–Kier alpha value is -0.860. The van der Waals surface area contributed by atoms with Gasteiger partial charge in [0.1, 0.15) is 0 Å². The molecule has 0 aromatic heterocycles. The molecule has 0 saturated heterocycles. The highest BCUT2D eigenvalue weighted by molar-refractivity contribution is 5.23. The van der Waals surface area contributed by atoms with Crippen LogP contribution in [0.3, 0.4) is 0 Å². The lowest BCUT2D eigenvalue weighted by atomic mass is 9.81. The van der Waals surface area contributed by atoms with E-state index in [1.165, 1.54) is 5.56 Å². The smallest absolute Gasteiger partial charge is 0.0443 e. The second kappa shape index (κ2) is 6.66. The molecule has 1 aromatic rings. The summed E-state index contributed by atoms with van der Waals surface area (Å²) in [6, 6.07) is 10.6. The van der Waals surface area contributed by atoms with E-state index < -0.39 is 0 Å². The Labute approximate surface area is 98.7 Å². The molecule has 90 valence electrons. The fraction of sp³-hybridized carbons (Fsp3) is 0.571. The van der Waals surface area contributed by atoms with Gasteiger partial charge in [-0.25, -0.2) is 0 Å². The van der Waals surface area contributed by atoms with Gasteiger partial charge in [0.2, 0.25) is 0 Å². The van der Waals surface area contributed by atoms with Crippen LogP contribution in [0.4, 0.5) is 0 Å². The first kappa shape index (κ1) is 13.2. The van der Waals surface area contributed by atoms with Crippen LogP contribution in [0.1, 0.15) is 32.3 Å². The standard InChI is InChI=1S/C14H23NO/c1-14(2,9-11-15-10-6-12-16)13-7-4-3-5-8-13/h3-5,7-8,15-16H,6,9-12H2,1-2H3. The van der Waals surface area contributed by atoms with Crippen molar-refractivity contribution in [1.29, 1.82) is 0 Å². The second-order valence-electron chi connectivity index (χ2n) is 4.83. The second-order valence-corrected chi connectivity index (χ2v) is 4.83. The molecule has 1 rings (SSSR count). The predicted octanol–water partition coefficient (Wildman–Crippen LogP) is 2.33. The average Bonchev–Trinajstić information content (AvgIpc) is 2.30. The highest BCUT2D eigenvalue weighted by Gasteiger charge is 2.19. The number of benzene rings is 1. The third-order valence-electron chi connectivity index (χ3n) is 2.99. The lowest BCUT2D eigenvalue weighted by molar-refractivity contribution is 0.285. The van der Waals surface area contributed by atoms with Gasteiger partial charge in [0.05, 0.1) is 0 Å². The molecule has 0 unspecified atom stereocenters. The number of rotatable bonds is 7. The zero-order chi connectivity index (χ0) is 11.9. The largest absolute Gasteiger partial charge is 0.396 e. The molecule has 16 heavy (non-hydrogen) atoms. The van der Waals surface area contributed by atoms with Crippen LogP contribution in [-0.4, -0.2) is 24.8 Å². The number of aliphatic hydroxyl groups excluding tert-OH is 1. The van der Waals surface area contributed by atoms with Crippen molar-refractivity contribution in [1.82, 2.24) is 5.32 Å². The SMILES string of the molecule is CC(C)(CCNCCCO)c1ccccc1. The number of hydrogen-bond donors (Lipinski definition) is 2. The normalized spacial score (nSPS) is 11.7. The summed E-state index contributed by atoms with van der Waals surface area (Å²) >= 11 is 0. The van der Waals surface area contributed by atoms with E-state index in [1.807, 2.05) is 0 Å². The van der Waals surface area contributed by atoms with Gasteiger partial charge in [0, 0.05) is 6.61 Å². The Kier molecular flexibility index (Phi) is 5.50. The molecule has 2 N–H and O–H groups in total. The number of nitrogens with one attached hydrogen (secondary N) is 1. The Morgan fingerprint density at radius 2 is 1.81 bits per heavy atom. The summed E-state index contributed by atoms with van der Waals surface area (Å²) in [4.78, 5) is 0. The van der Waals surface area contributed by atoms with Crippen molar-refractivity contribution in [2.45, 2.75) is 32.1 Å². The molecule has 0 aliphatic heterocycles. The summed E-state index contributed by atoms with van der Waals surface area (Å²) < 4.78 is 0. The van der Waals surface area contributed by atoms with Crippen LogP contribution in [0.25, 0.3) is 0 Å². The molecule has 2 heteroatoms. The Morgan fingerprint density at radius 3 is 2.44 bits per heavy atom. The Bertz CT molecular complexity index is 282. The molecular weight excluding hydrogens is 198 g/mol. The van der Waals surface area contributed by atoms with E-state index in [-0.39, 0.29) is 12.0 Å². The lowest BCUT2D eigenvalue weighted by Gasteiger charge is -2.25. The van der Waals surface area contributed by atoms with Gasteiger partial charge in [-0.3, -0.25) is 0 Å². The van der Waals surface area contributed by atoms with Crippen molar-refractivity contribution >= 4 is 0 Å². The van der Waals surface area contributed by atoms with E-state index in [1.54, 1.807) is 0 Å². The van der Waals surface area contributed by atoms with Crippen LogP contribution in [0.2, 0.25) is 0 Å².